The summed E-state index contributed by atoms with van der Waals surface area (Å²) in [5.74, 6) is -0.156. The molecular weight excluding hydrogens is 520 g/mol. The Labute approximate surface area is 233 Å². The lowest BCUT2D eigenvalue weighted by Gasteiger charge is -2.26. The van der Waals surface area contributed by atoms with Crippen LogP contribution in [0.5, 0.6) is 11.5 Å². The number of unbranched alkanes of at least 4 members (excludes halogenated alkanes) is 2. The summed E-state index contributed by atoms with van der Waals surface area (Å²) < 4.78 is 30.8. The zero-order valence-electron chi connectivity index (χ0n) is 22.5. The van der Waals surface area contributed by atoms with Crippen molar-refractivity contribution in [2.24, 2.45) is 11.8 Å². The highest BCUT2D eigenvalue weighted by Crippen LogP contribution is 2.30. The van der Waals surface area contributed by atoms with Crippen LogP contribution in [-0.2, 0) is 28.5 Å². The van der Waals surface area contributed by atoms with Crippen molar-refractivity contribution in [1.29, 1.82) is 0 Å². The van der Waals surface area contributed by atoms with E-state index in [1.54, 1.807) is 48.5 Å². The number of carbonyl (C=O) groups is 4. The maximum absolute atomic E-state index is 12.4. The van der Waals surface area contributed by atoms with E-state index < -0.39 is 12.3 Å². The summed E-state index contributed by atoms with van der Waals surface area (Å²) in [5, 5.41) is 0. The number of hydrogen-bond acceptors (Lipinski definition) is 10. The molecule has 0 atom stereocenters. The van der Waals surface area contributed by atoms with Crippen molar-refractivity contribution in [2.75, 3.05) is 26.4 Å². The van der Waals surface area contributed by atoms with Crippen molar-refractivity contribution in [3.8, 4) is 11.5 Å². The number of benzene rings is 2. The van der Waals surface area contributed by atoms with E-state index in [0.29, 0.717) is 62.9 Å². The van der Waals surface area contributed by atoms with Crippen LogP contribution in [0.15, 0.2) is 60.7 Å². The van der Waals surface area contributed by atoms with Crippen LogP contribution >= 0.6 is 0 Å². The minimum absolute atomic E-state index is 0.171. The molecule has 0 aromatic heterocycles. The Morgan fingerprint density at radius 2 is 0.825 bits per heavy atom. The third-order valence-corrected chi connectivity index (χ3v) is 6.29. The standard InChI is InChI=1S/C30H36O10/c31-27(35-19-7-9-21-37-29(33)39-25-11-3-1-4-12-25)23-15-17-24(18-16-23)28(32)36-20-8-10-22-38-30(34)40-26-13-5-2-6-14-26/h1-6,11-14,23-24H,7-10,15-22H2. The first-order chi connectivity index (χ1) is 19.5. The summed E-state index contributed by atoms with van der Waals surface area (Å²) in [6.07, 6.45) is 2.96. The summed E-state index contributed by atoms with van der Waals surface area (Å²) in [4.78, 5) is 48.0. The van der Waals surface area contributed by atoms with Crippen molar-refractivity contribution >= 4 is 24.2 Å². The molecule has 0 radical (unpaired) electrons. The first-order valence-corrected chi connectivity index (χ1v) is 13.6. The quantitative estimate of drug-likeness (QED) is 0.121. The van der Waals surface area contributed by atoms with E-state index in [1.807, 2.05) is 12.1 Å². The molecule has 1 saturated carbocycles. The Kier molecular flexibility index (Phi) is 13.3. The van der Waals surface area contributed by atoms with E-state index in [2.05, 4.69) is 0 Å². The van der Waals surface area contributed by atoms with Gasteiger partial charge in [-0.3, -0.25) is 9.59 Å². The number of carbonyl (C=O) groups excluding carboxylic acids is 4. The zero-order chi connectivity index (χ0) is 28.4. The topological polar surface area (TPSA) is 124 Å². The molecule has 1 aliphatic carbocycles. The highest BCUT2D eigenvalue weighted by Gasteiger charge is 2.31. The number of para-hydroxylation sites is 2. The Hall–Kier alpha value is -4.08. The summed E-state index contributed by atoms with van der Waals surface area (Å²) in [6.45, 7) is 0.825. The molecule has 40 heavy (non-hydrogen) atoms. The Bertz CT molecular complexity index is 963. The largest absolute Gasteiger partial charge is 0.513 e. The van der Waals surface area contributed by atoms with Gasteiger partial charge in [-0.25, -0.2) is 9.59 Å². The molecule has 0 bridgehead atoms. The van der Waals surface area contributed by atoms with Crippen LogP contribution in [0.1, 0.15) is 51.4 Å². The van der Waals surface area contributed by atoms with E-state index in [9.17, 15) is 19.2 Å². The fourth-order valence-corrected chi connectivity index (χ4v) is 4.09. The van der Waals surface area contributed by atoms with E-state index >= 15 is 0 Å². The first-order valence-electron chi connectivity index (χ1n) is 13.6. The van der Waals surface area contributed by atoms with Crippen molar-refractivity contribution in [1.82, 2.24) is 0 Å². The molecular formula is C30H36O10. The Morgan fingerprint density at radius 1 is 0.500 bits per heavy atom. The van der Waals surface area contributed by atoms with E-state index in [4.69, 9.17) is 28.4 Å². The van der Waals surface area contributed by atoms with Crippen LogP contribution in [0, 0.1) is 11.8 Å². The van der Waals surface area contributed by atoms with Crippen LogP contribution in [-0.4, -0.2) is 50.7 Å². The molecule has 0 unspecified atom stereocenters. The third-order valence-electron chi connectivity index (χ3n) is 6.29. The smallest absolute Gasteiger partial charge is 0.465 e. The highest BCUT2D eigenvalue weighted by molar-refractivity contribution is 5.75. The van der Waals surface area contributed by atoms with Gasteiger partial charge >= 0.3 is 24.2 Å². The fourth-order valence-electron chi connectivity index (χ4n) is 4.09. The van der Waals surface area contributed by atoms with Crippen molar-refractivity contribution < 1.29 is 47.6 Å². The molecule has 0 saturated heterocycles. The van der Waals surface area contributed by atoms with E-state index in [1.165, 1.54) is 0 Å². The second kappa shape index (κ2) is 17.5. The predicted molar refractivity (Wildman–Crippen MR) is 143 cm³/mol. The summed E-state index contributed by atoms with van der Waals surface area (Å²) in [5.41, 5.74) is 0. The van der Waals surface area contributed by atoms with Gasteiger partial charge in [-0.05, 0) is 75.6 Å². The number of rotatable bonds is 14. The van der Waals surface area contributed by atoms with Gasteiger partial charge in [0.25, 0.3) is 0 Å². The van der Waals surface area contributed by atoms with Gasteiger partial charge in [-0.15, -0.1) is 0 Å². The molecule has 216 valence electrons. The van der Waals surface area contributed by atoms with Crippen LogP contribution in [0.2, 0.25) is 0 Å². The third kappa shape index (κ3) is 11.8. The summed E-state index contributed by atoms with van der Waals surface area (Å²) in [6, 6.07) is 17.3. The number of esters is 2. The monoisotopic (exact) mass is 556 g/mol. The van der Waals surface area contributed by atoms with Crippen LogP contribution in [0.25, 0.3) is 0 Å². The van der Waals surface area contributed by atoms with E-state index in [0.717, 1.165) is 0 Å². The Morgan fingerprint density at radius 3 is 1.18 bits per heavy atom. The summed E-state index contributed by atoms with van der Waals surface area (Å²) in [7, 11) is 0. The molecule has 0 heterocycles. The molecule has 10 heteroatoms. The molecule has 0 aliphatic heterocycles. The molecule has 2 aromatic carbocycles. The second-order valence-corrected chi connectivity index (χ2v) is 9.32. The number of ether oxygens (including phenoxy) is 6. The SMILES string of the molecule is O=C(OCCCCOC(=O)C1CCC(C(=O)OCCCCOC(=O)Oc2ccccc2)CC1)Oc1ccccc1. The van der Waals surface area contributed by atoms with Gasteiger partial charge in [0.2, 0.25) is 0 Å². The minimum atomic E-state index is -0.770. The molecule has 10 nitrogen and oxygen atoms in total. The van der Waals surface area contributed by atoms with Gasteiger partial charge in [0.15, 0.2) is 0 Å². The molecule has 0 N–H and O–H groups in total. The molecule has 3 rings (SSSR count). The predicted octanol–water partition coefficient (Wildman–Crippen LogP) is 5.87. The minimum Gasteiger partial charge on any atom is -0.465 e. The lowest BCUT2D eigenvalue weighted by Crippen LogP contribution is -2.28. The number of hydrogen-bond donors (Lipinski definition) is 0. The lowest BCUT2D eigenvalue weighted by atomic mass is 9.82. The van der Waals surface area contributed by atoms with Crippen molar-refractivity contribution in [3.63, 3.8) is 0 Å². The van der Waals surface area contributed by atoms with Crippen molar-refractivity contribution in [3.05, 3.63) is 60.7 Å². The van der Waals surface area contributed by atoms with Gasteiger partial charge in [0, 0.05) is 0 Å². The van der Waals surface area contributed by atoms with Crippen molar-refractivity contribution in [2.45, 2.75) is 51.4 Å². The first kappa shape index (κ1) is 30.5. The van der Waals surface area contributed by atoms with Gasteiger partial charge in [0.1, 0.15) is 11.5 Å². The highest BCUT2D eigenvalue weighted by atomic mass is 16.7. The maximum atomic E-state index is 12.4. The average Bonchev–Trinajstić information content (AvgIpc) is 2.97. The van der Waals surface area contributed by atoms with Gasteiger partial charge in [0.05, 0.1) is 38.3 Å². The molecule has 1 aliphatic rings. The lowest BCUT2D eigenvalue weighted by molar-refractivity contribution is -0.155. The Balaban J connectivity index is 1.15. The van der Waals surface area contributed by atoms with E-state index in [-0.39, 0.29) is 50.2 Å². The van der Waals surface area contributed by atoms with Crippen LogP contribution in [0.4, 0.5) is 9.59 Å². The second-order valence-electron chi connectivity index (χ2n) is 9.32. The normalized spacial score (nSPS) is 16.3. The summed E-state index contributed by atoms with van der Waals surface area (Å²) >= 11 is 0. The van der Waals surface area contributed by atoms with Gasteiger partial charge in [-0.1, -0.05) is 36.4 Å². The molecule has 0 amide bonds. The fraction of sp³-hybridized carbons (Fsp3) is 0.467. The molecule has 2 aromatic rings. The van der Waals surface area contributed by atoms with Gasteiger partial charge < -0.3 is 28.4 Å². The molecule has 1 fully saturated rings. The van der Waals surface area contributed by atoms with Gasteiger partial charge in [-0.2, -0.15) is 0 Å². The average molecular weight is 557 g/mol. The van der Waals surface area contributed by atoms with Crippen LogP contribution < -0.4 is 9.47 Å². The zero-order valence-corrected chi connectivity index (χ0v) is 22.5. The van der Waals surface area contributed by atoms with Crippen LogP contribution in [0.3, 0.4) is 0 Å². The maximum Gasteiger partial charge on any atom is 0.513 e. The molecule has 0 spiro atoms.